The SMILES string of the molecule is COC1(C)CN(c2cc(CC(F)(F)F)cc(C(=O)Nc3cc(F)c(OC4CC5CC5C4)c(F)c3)n2)C1. The summed E-state index contributed by atoms with van der Waals surface area (Å²) in [6.45, 7) is 2.61. The Hall–Kier alpha value is -2.95. The number of halogens is 5. The molecule has 0 spiro atoms. The molecule has 1 amide bonds. The van der Waals surface area contributed by atoms with E-state index in [4.69, 9.17) is 9.47 Å². The average molecular weight is 511 g/mol. The predicted molar refractivity (Wildman–Crippen MR) is 121 cm³/mol. The smallest absolute Gasteiger partial charge is 0.393 e. The van der Waals surface area contributed by atoms with Gasteiger partial charge in [0, 0.05) is 38.0 Å². The van der Waals surface area contributed by atoms with Crippen molar-refractivity contribution in [3.05, 3.63) is 47.2 Å². The molecule has 1 aliphatic heterocycles. The van der Waals surface area contributed by atoms with Gasteiger partial charge in [-0.15, -0.1) is 0 Å². The molecule has 3 fully saturated rings. The molecule has 2 aliphatic carbocycles. The van der Waals surface area contributed by atoms with Crippen LogP contribution in [0.15, 0.2) is 24.3 Å². The number of alkyl halides is 3. The number of anilines is 2. The first-order valence-corrected chi connectivity index (χ1v) is 11.8. The zero-order valence-corrected chi connectivity index (χ0v) is 19.8. The molecule has 5 rings (SSSR count). The summed E-state index contributed by atoms with van der Waals surface area (Å²) >= 11 is 0. The van der Waals surface area contributed by atoms with E-state index < -0.39 is 41.5 Å². The second-order valence-corrected chi connectivity index (χ2v) is 10.2. The number of methoxy groups -OCH3 is 1. The lowest BCUT2D eigenvalue weighted by atomic mass is 9.96. The summed E-state index contributed by atoms with van der Waals surface area (Å²) < 4.78 is 79.4. The van der Waals surface area contributed by atoms with Crippen LogP contribution in [0.25, 0.3) is 0 Å². The maximum Gasteiger partial charge on any atom is 0.393 e. The molecule has 2 saturated carbocycles. The number of nitrogens with zero attached hydrogens (tertiary/aromatic N) is 2. The van der Waals surface area contributed by atoms with Crippen molar-refractivity contribution < 1.29 is 36.2 Å². The third-order valence-corrected chi connectivity index (χ3v) is 7.12. The van der Waals surface area contributed by atoms with E-state index in [0.717, 1.165) is 37.5 Å². The number of rotatable bonds is 7. The summed E-state index contributed by atoms with van der Waals surface area (Å²) in [6.07, 6.45) is -3.31. The van der Waals surface area contributed by atoms with Gasteiger partial charge in [-0.1, -0.05) is 0 Å². The Morgan fingerprint density at radius 2 is 1.75 bits per heavy atom. The fourth-order valence-electron chi connectivity index (χ4n) is 5.10. The van der Waals surface area contributed by atoms with Crippen molar-refractivity contribution in [1.29, 1.82) is 0 Å². The van der Waals surface area contributed by atoms with Crippen molar-refractivity contribution >= 4 is 17.4 Å². The van der Waals surface area contributed by atoms with Crippen molar-refractivity contribution in [3.63, 3.8) is 0 Å². The van der Waals surface area contributed by atoms with Gasteiger partial charge in [0.15, 0.2) is 17.4 Å². The normalized spacial score (nSPS) is 24.2. The molecule has 1 aromatic carbocycles. The van der Waals surface area contributed by atoms with Gasteiger partial charge in [0.2, 0.25) is 0 Å². The monoisotopic (exact) mass is 511 g/mol. The maximum absolute atomic E-state index is 14.6. The molecule has 11 heteroatoms. The second-order valence-electron chi connectivity index (χ2n) is 10.2. The van der Waals surface area contributed by atoms with Crippen LogP contribution in [0.4, 0.5) is 33.5 Å². The fraction of sp³-hybridized carbons (Fsp3) is 0.520. The Morgan fingerprint density at radius 1 is 1.11 bits per heavy atom. The molecule has 2 atom stereocenters. The standard InChI is InChI=1S/C25H26F5N3O3/c1-24(35-2)11-33(12-24)21-4-13(10-25(28,29)30)3-20(32-21)23(34)31-16-8-18(26)22(19(27)9-16)36-17-6-14-5-15(14)7-17/h3-4,8-9,14-15,17H,5-7,10-12H2,1-2H3,(H,31,34). The van der Waals surface area contributed by atoms with Crippen LogP contribution in [-0.4, -0.2) is 49.0 Å². The first-order valence-electron chi connectivity index (χ1n) is 11.8. The highest BCUT2D eigenvalue weighted by Gasteiger charge is 2.47. The van der Waals surface area contributed by atoms with Gasteiger partial charge >= 0.3 is 6.18 Å². The van der Waals surface area contributed by atoms with Gasteiger partial charge in [0.1, 0.15) is 11.5 Å². The third kappa shape index (κ3) is 5.25. The van der Waals surface area contributed by atoms with Gasteiger partial charge in [-0.05, 0) is 55.7 Å². The minimum Gasteiger partial charge on any atom is -0.484 e. The van der Waals surface area contributed by atoms with Crippen LogP contribution in [0, 0.1) is 23.5 Å². The van der Waals surface area contributed by atoms with Gasteiger partial charge in [-0.3, -0.25) is 4.79 Å². The minimum absolute atomic E-state index is 0.153. The van der Waals surface area contributed by atoms with E-state index in [1.165, 1.54) is 13.2 Å². The van der Waals surface area contributed by atoms with Crippen molar-refractivity contribution in [2.24, 2.45) is 11.8 Å². The lowest BCUT2D eigenvalue weighted by molar-refractivity contribution is -0.127. The number of nitrogens with one attached hydrogen (secondary N) is 1. The number of amides is 1. The van der Waals surface area contributed by atoms with E-state index in [9.17, 15) is 26.7 Å². The average Bonchev–Trinajstić information content (AvgIpc) is 3.38. The Bertz CT molecular complexity index is 1150. The van der Waals surface area contributed by atoms with E-state index in [1.807, 2.05) is 6.92 Å². The topological polar surface area (TPSA) is 63.7 Å². The molecule has 1 aromatic heterocycles. The third-order valence-electron chi connectivity index (χ3n) is 7.12. The Labute approximate surface area is 204 Å². The Morgan fingerprint density at radius 3 is 2.33 bits per heavy atom. The highest BCUT2D eigenvalue weighted by molar-refractivity contribution is 6.03. The quantitative estimate of drug-likeness (QED) is 0.523. The minimum atomic E-state index is -4.50. The molecule has 1 N–H and O–H groups in total. The van der Waals surface area contributed by atoms with E-state index in [0.29, 0.717) is 24.9 Å². The Kier molecular flexibility index (Phi) is 6.09. The molecule has 0 radical (unpaired) electrons. The lowest BCUT2D eigenvalue weighted by Crippen LogP contribution is -2.61. The summed E-state index contributed by atoms with van der Waals surface area (Å²) in [4.78, 5) is 18.7. The zero-order valence-electron chi connectivity index (χ0n) is 19.8. The number of benzene rings is 1. The number of carbonyl (C=O) groups excluding carboxylic acids is 1. The summed E-state index contributed by atoms with van der Waals surface area (Å²) in [5.41, 5.74) is -1.12. The number of ether oxygens (including phenoxy) is 2. The summed E-state index contributed by atoms with van der Waals surface area (Å²) in [7, 11) is 1.54. The predicted octanol–water partition coefficient (Wildman–Crippen LogP) is 5.12. The highest BCUT2D eigenvalue weighted by atomic mass is 19.4. The van der Waals surface area contributed by atoms with Crippen LogP contribution >= 0.6 is 0 Å². The zero-order chi connectivity index (χ0) is 25.8. The van der Waals surface area contributed by atoms with E-state index >= 15 is 0 Å². The number of fused-ring (bicyclic) bond motifs is 1. The fourth-order valence-corrected chi connectivity index (χ4v) is 5.10. The largest absolute Gasteiger partial charge is 0.484 e. The molecular weight excluding hydrogens is 485 g/mol. The maximum atomic E-state index is 14.6. The molecule has 2 unspecified atom stereocenters. The molecule has 2 aromatic rings. The van der Waals surface area contributed by atoms with Crippen LogP contribution in [0.2, 0.25) is 0 Å². The first-order chi connectivity index (χ1) is 16.9. The van der Waals surface area contributed by atoms with Gasteiger partial charge in [0.05, 0.1) is 18.1 Å². The molecule has 3 aliphatic rings. The molecule has 6 nitrogen and oxygen atoms in total. The number of carbonyl (C=O) groups is 1. The molecule has 0 bridgehead atoms. The molecule has 36 heavy (non-hydrogen) atoms. The summed E-state index contributed by atoms with van der Waals surface area (Å²) in [5.74, 6) is -1.99. The Balaban J connectivity index is 1.34. The van der Waals surface area contributed by atoms with Gasteiger partial charge in [0.25, 0.3) is 5.91 Å². The van der Waals surface area contributed by atoms with Crippen LogP contribution < -0.4 is 15.0 Å². The van der Waals surface area contributed by atoms with Crippen LogP contribution in [0.3, 0.4) is 0 Å². The van der Waals surface area contributed by atoms with Crippen molar-refractivity contribution in [1.82, 2.24) is 4.98 Å². The summed E-state index contributed by atoms with van der Waals surface area (Å²) in [5, 5.41) is 2.33. The molecule has 194 valence electrons. The molecular formula is C25H26F5N3O3. The molecule has 2 heterocycles. The second kappa shape index (κ2) is 8.86. The van der Waals surface area contributed by atoms with Gasteiger partial charge in [-0.2, -0.15) is 13.2 Å². The van der Waals surface area contributed by atoms with E-state index in [-0.39, 0.29) is 28.9 Å². The number of hydrogen-bond donors (Lipinski definition) is 1. The molecule has 1 saturated heterocycles. The summed E-state index contributed by atoms with van der Waals surface area (Å²) in [6, 6.07) is 4.15. The highest BCUT2D eigenvalue weighted by Crippen LogP contribution is 2.52. The van der Waals surface area contributed by atoms with Gasteiger partial charge < -0.3 is 19.7 Å². The lowest BCUT2D eigenvalue weighted by Gasteiger charge is -2.47. The number of aromatic nitrogens is 1. The van der Waals surface area contributed by atoms with Crippen LogP contribution in [0.1, 0.15) is 42.2 Å². The van der Waals surface area contributed by atoms with Crippen molar-refractivity contribution in [3.8, 4) is 5.75 Å². The van der Waals surface area contributed by atoms with Crippen molar-refractivity contribution in [2.75, 3.05) is 30.4 Å². The van der Waals surface area contributed by atoms with E-state index in [2.05, 4.69) is 10.3 Å². The number of pyridine rings is 1. The van der Waals surface area contributed by atoms with Crippen LogP contribution in [-0.2, 0) is 11.2 Å². The first kappa shape index (κ1) is 24.7. The van der Waals surface area contributed by atoms with Crippen molar-refractivity contribution in [2.45, 2.75) is 50.5 Å². The van der Waals surface area contributed by atoms with Crippen LogP contribution in [0.5, 0.6) is 5.75 Å². The van der Waals surface area contributed by atoms with Gasteiger partial charge in [-0.25, -0.2) is 13.8 Å². The number of hydrogen-bond acceptors (Lipinski definition) is 5. The van der Waals surface area contributed by atoms with E-state index in [1.54, 1.807) is 4.90 Å².